The predicted octanol–water partition coefficient (Wildman–Crippen LogP) is 3.14. The fourth-order valence-corrected chi connectivity index (χ4v) is 1.38. The Morgan fingerprint density at radius 3 is 1.83 bits per heavy atom. The zero-order valence-corrected chi connectivity index (χ0v) is 14.1. The summed E-state index contributed by atoms with van der Waals surface area (Å²) in [6, 6.07) is 0. The van der Waals surface area contributed by atoms with E-state index >= 15 is 0 Å². The smallest absolute Gasteiger partial charge is 0.159 e. The Hall–Kier alpha value is 0.0666. The van der Waals surface area contributed by atoms with E-state index in [4.69, 9.17) is 0 Å². The standard InChI is InChI=1S/C11H12O2.3CH4.2W/c12-10-6-4-8(10)2-1-3-9-5-7-11(9)13;;;;;/h1-3,12H,4-7H2;3*1H4;;/p-1. The van der Waals surface area contributed by atoms with Crippen molar-refractivity contribution in [1.82, 2.24) is 0 Å². The van der Waals surface area contributed by atoms with Crippen LogP contribution in [0.15, 0.2) is 35.1 Å². The Kier molecular flexibility index (Phi) is 17.9. The van der Waals surface area contributed by atoms with E-state index in [0.29, 0.717) is 12.8 Å². The number of hydrogen-bond acceptors (Lipinski definition) is 2. The van der Waals surface area contributed by atoms with Gasteiger partial charge in [-0.25, -0.2) is 0 Å². The van der Waals surface area contributed by atoms with Gasteiger partial charge < -0.3 is 5.11 Å². The zero-order valence-electron chi connectivity index (χ0n) is 8.19. The Labute approximate surface area is 140 Å². The molecule has 104 valence electrons. The Morgan fingerprint density at radius 2 is 1.56 bits per heavy atom. The van der Waals surface area contributed by atoms with E-state index in [1.807, 2.05) is 18.2 Å². The van der Waals surface area contributed by atoms with Crippen molar-refractivity contribution in [3.05, 3.63) is 35.1 Å². The van der Waals surface area contributed by atoms with Crippen LogP contribution in [0, 0.1) is 0 Å². The number of Topliss-reactive ketones (excluding diaryl/α,β-unsaturated/α-hetero) is 1. The van der Waals surface area contributed by atoms with Crippen molar-refractivity contribution in [2.24, 2.45) is 0 Å². The van der Waals surface area contributed by atoms with Gasteiger partial charge in [-0.1, -0.05) is 46.1 Å². The molecular formula is C14H23O2W2-. The summed E-state index contributed by atoms with van der Waals surface area (Å²) in [6.07, 6.45) is 8.64. The summed E-state index contributed by atoms with van der Waals surface area (Å²) in [5.74, 6) is 0.490. The summed E-state index contributed by atoms with van der Waals surface area (Å²) in [5, 5.41) is 10.9. The third-order valence-corrected chi connectivity index (χ3v) is 2.55. The molecule has 0 aliphatic heterocycles. The van der Waals surface area contributed by atoms with Gasteiger partial charge >= 0.3 is 0 Å². The van der Waals surface area contributed by atoms with Crippen molar-refractivity contribution in [3.63, 3.8) is 0 Å². The zero-order chi connectivity index (χ0) is 9.26. The molecule has 0 aromatic rings. The molecule has 0 heterocycles. The molecular weight excluding hydrogens is 568 g/mol. The second-order valence-electron chi connectivity index (χ2n) is 3.42. The molecule has 0 bridgehead atoms. The van der Waals surface area contributed by atoms with Crippen LogP contribution in [0.2, 0.25) is 0 Å². The van der Waals surface area contributed by atoms with Crippen LogP contribution in [0.4, 0.5) is 0 Å². The van der Waals surface area contributed by atoms with E-state index in [9.17, 15) is 9.90 Å². The van der Waals surface area contributed by atoms with Crippen molar-refractivity contribution < 1.29 is 52.0 Å². The largest absolute Gasteiger partial charge is 0.875 e. The minimum absolute atomic E-state index is 0. The van der Waals surface area contributed by atoms with Gasteiger partial charge in [0, 0.05) is 48.6 Å². The van der Waals surface area contributed by atoms with Crippen molar-refractivity contribution in [2.45, 2.75) is 48.0 Å². The fraction of sp³-hybridized carbons (Fsp3) is 0.500. The topological polar surface area (TPSA) is 40.1 Å². The second-order valence-corrected chi connectivity index (χ2v) is 3.42. The number of hydrogen-bond donors (Lipinski definition) is 0. The van der Waals surface area contributed by atoms with Crippen molar-refractivity contribution in [3.8, 4) is 0 Å². The van der Waals surface area contributed by atoms with Crippen molar-refractivity contribution in [1.29, 1.82) is 0 Å². The van der Waals surface area contributed by atoms with Crippen LogP contribution >= 0.6 is 0 Å². The Morgan fingerprint density at radius 1 is 0.944 bits per heavy atom. The summed E-state index contributed by atoms with van der Waals surface area (Å²) >= 11 is 0. The first kappa shape index (κ1) is 26.6. The number of rotatable bonds is 2. The minimum Gasteiger partial charge on any atom is -0.875 e. The molecule has 18 heavy (non-hydrogen) atoms. The van der Waals surface area contributed by atoms with Crippen molar-refractivity contribution >= 4 is 5.78 Å². The van der Waals surface area contributed by atoms with Crippen LogP contribution in [0.5, 0.6) is 0 Å². The number of carbonyl (C=O) groups excluding carboxylic acids is 1. The van der Waals surface area contributed by atoms with Crippen LogP contribution in [-0.2, 0) is 46.9 Å². The maximum Gasteiger partial charge on any atom is 0.159 e. The van der Waals surface area contributed by atoms with Crippen LogP contribution in [0.25, 0.3) is 0 Å². The Bertz CT molecular complexity index is 342. The van der Waals surface area contributed by atoms with E-state index in [2.05, 4.69) is 0 Å². The molecule has 4 heteroatoms. The maximum absolute atomic E-state index is 10.9. The molecule has 0 atom stereocenters. The summed E-state index contributed by atoms with van der Waals surface area (Å²) < 4.78 is 0. The average molecular weight is 591 g/mol. The minimum atomic E-state index is 0. The first-order chi connectivity index (χ1) is 6.27. The SMILES string of the molecule is C.C.C.O=C1CCC1=CC=CC1=C([O-])CC1.[W].[W]. The molecule has 2 aliphatic rings. The summed E-state index contributed by atoms with van der Waals surface area (Å²) in [6.45, 7) is 0. The summed E-state index contributed by atoms with van der Waals surface area (Å²) in [7, 11) is 0. The van der Waals surface area contributed by atoms with Gasteiger partial charge in [-0.3, -0.25) is 4.79 Å². The van der Waals surface area contributed by atoms with E-state index in [1.165, 1.54) is 0 Å². The quantitative estimate of drug-likeness (QED) is 0.464. The number of ketones is 1. The van der Waals surface area contributed by atoms with E-state index in [-0.39, 0.29) is 76.0 Å². The third kappa shape index (κ3) is 6.30. The molecule has 0 aromatic heterocycles. The molecule has 1 fully saturated rings. The van der Waals surface area contributed by atoms with Crippen LogP contribution in [0.3, 0.4) is 0 Å². The van der Waals surface area contributed by atoms with E-state index in [1.54, 1.807) is 0 Å². The molecule has 2 nitrogen and oxygen atoms in total. The van der Waals surface area contributed by atoms with Crippen LogP contribution in [-0.4, -0.2) is 5.78 Å². The Balaban J connectivity index is -0.000000196. The van der Waals surface area contributed by atoms with Gasteiger partial charge in [-0.2, -0.15) is 0 Å². The summed E-state index contributed by atoms with van der Waals surface area (Å²) in [5.41, 5.74) is 1.78. The first-order valence-electron chi connectivity index (χ1n) is 4.57. The van der Waals surface area contributed by atoms with Gasteiger partial charge in [0.25, 0.3) is 0 Å². The molecule has 1 saturated carbocycles. The summed E-state index contributed by atoms with van der Waals surface area (Å²) in [4.78, 5) is 10.9. The number of allylic oxidation sites excluding steroid dienone is 6. The fourth-order valence-electron chi connectivity index (χ4n) is 1.38. The molecule has 2 aliphatic carbocycles. The van der Waals surface area contributed by atoms with Crippen LogP contribution < -0.4 is 5.11 Å². The second kappa shape index (κ2) is 12.1. The molecule has 0 spiro atoms. The molecule has 2 rings (SSSR count). The third-order valence-electron chi connectivity index (χ3n) is 2.55. The maximum atomic E-state index is 10.9. The van der Waals surface area contributed by atoms with E-state index < -0.39 is 0 Å². The monoisotopic (exact) mass is 591 g/mol. The van der Waals surface area contributed by atoms with Gasteiger partial charge in [0.05, 0.1) is 0 Å². The molecule has 0 N–H and O–H groups in total. The van der Waals surface area contributed by atoms with Gasteiger partial charge in [0.15, 0.2) is 5.78 Å². The molecule has 0 amide bonds. The molecule has 0 radical (unpaired) electrons. The molecule has 0 unspecified atom stereocenters. The van der Waals surface area contributed by atoms with Gasteiger partial charge in [0.2, 0.25) is 0 Å². The first-order valence-corrected chi connectivity index (χ1v) is 4.57. The average Bonchev–Trinajstić information content (AvgIpc) is 2.12. The predicted molar refractivity (Wildman–Crippen MR) is 67.9 cm³/mol. The van der Waals surface area contributed by atoms with Crippen LogP contribution in [0.1, 0.15) is 48.0 Å². The molecule has 0 saturated heterocycles. The normalized spacial score (nSPS) is 18.2. The van der Waals surface area contributed by atoms with E-state index in [0.717, 1.165) is 24.0 Å². The van der Waals surface area contributed by atoms with Gasteiger partial charge in [-0.05, 0) is 24.8 Å². The van der Waals surface area contributed by atoms with Gasteiger partial charge in [0.1, 0.15) is 0 Å². The number of carbonyl (C=O) groups is 1. The van der Waals surface area contributed by atoms with Crippen molar-refractivity contribution in [2.75, 3.05) is 0 Å². The molecule has 0 aromatic carbocycles. The van der Waals surface area contributed by atoms with Gasteiger partial charge in [-0.15, -0.1) is 5.76 Å².